The summed E-state index contributed by atoms with van der Waals surface area (Å²) >= 11 is 1.72. The fraction of sp³-hybridized carbons (Fsp3) is 0.500. The minimum absolute atomic E-state index is 0.232. The molecule has 1 rings (SSSR count). The van der Waals surface area contributed by atoms with Crippen LogP contribution in [-0.2, 0) is 12.8 Å². The zero-order chi connectivity index (χ0) is 7.40. The fourth-order valence-electron chi connectivity index (χ4n) is 0.840. The van der Waals surface area contributed by atoms with E-state index in [1.807, 2.05) is 6.07 Å². The van der Waals surface area contributed by atoms with Crippen LogP contribution in [0.15, 0.2) is 12.1 Å². The molecule has 0 spiro atoms. The molecule has 0 atom stereocenters. The van der Waals surface area contributed by atoms with E-state index in [9.17, 15) is 4.39 Å². The Morgan fingerprint density at radius 1 is 1.40 bits per heavy atom. The summed E-state index contributed by atoms with van der Waals surface area (Å²) in [5.41, 5.74) is 0. The van der Waals surface area contributed by atoms with E-state index in [0.717, 1.165) is 6.42 Å². The van der Waals surface area contributed by atoms with Gasteiger partial charge in [-0.05, 0) is 18.6 Å². The van der Waals surface area contributed by atoms with Gasteiger partial charge in [0.2, 0.25) is 0 Å². The second kappa shape index (κ2) is 3.71. The van der Waals surface area contributed by atoms with Crippen LogP contribution >= 0.6 is 11.3 Å². The maximum atomic E-state index is 11.8. The van der Waals surface area contributed by atoms with Crippen molar-refractivity contribution in [1.82, 2.24) is 0 Å². The van der Waals surface area contributed by atoms with Crippen molar-refractivity contribution in [2.75, 3.05) is 6.67 Å². The van der Waals surface area contributed by atoms with Crippen LogP contribution in [0.5, 0.6) is 0 Å². The molecule has 0 saturated carbocycles. The summed E-state index contributed by atoms with van der Waals surface area (Å²) in [4.78, 5) is 2.52. The molecule has 10 heavy (non-hydrogen) atoms. The maximum absolute atomic E-state index is 11.8. The van der Waals surface area contributed by atoms with E-state index in [1.54, 1.807) is 11.3 Å². The van der Waals surface area contributed by atoms with Crippen LogP contribution in [0.25, 0.3) is 0 Å². The highest BCUT2D eigenvalue weighted by atomic mass is 32.1. The summed E-state index contributed by atoms with van der Waals surface area (Å²) in [5.74, 6) is 0. The van der Waals surface area contributed by atoms with E-state index in [-0.39, 0.29) is 6.67 Å². The molecule has 0 aliphatic carbocycles. The SMILES string of the molecule is CCc1ccc(CCF)s1. The number of aryl methyl sites for hydroxylation is 2. The quantitative estimate of drug-likeness (QED) is 0.634. The van der Waals surface area contributed by atoms with E-state index in [0.29, 0.717) is 6.42 Å². The summed E-state index contributed by atoms with van der Waals surface area (Å²) in [7, 11) is 0. The summed E-state index contributed by atoms with van der Waals surface area (Å²) in [6.45, 7) is 1.88. The highest BCUT2D eigenvalue weighted by Crippen LogP contribution is 2.17. The standard InChI is InChI=1S/C8H11FS/c1-2-7-3-4-8(10-7)5-6-9/h3-4H,2,5-6H2,1H3. The van der Waals surface area contributed by atoms with Crippen molar-refractivity contribution in [3.05, 3.63) is 21.9 Å². The Hall–Kier alpha value is -0.370. The van der Waals surface area contributed by atoms with Gasteiger partial charge < -0.3 is 0 Å². The lowest BCUT2D eigenvalue weighted by Crippen LogP contribution is -1.78. The largest absolute Gasteiger partial charge is 0.251 e. The van der Waals surface area contributed by atoms with Crippen molar-refractivity contribution in [3.63, 3.8) is 0 Å². The van der Waals surface area contributed by atoms with Crippen LogP contribution < -0.4 is 0 Å². The van der Waals surface area contributed by atoms with Gasteiger partial charge >= 0.3 is 0 Å². The molecular weight excluding hydrogens is 147 g/mol. The van der Waals surface area contributed by atoms with Crippen molar-refractivity contribution in [2.45, 2.75) is 19.8 Å². The maximum Gasteiger partial charge on any atom is 0.0942 e. The van der Waals surface area contributed by atoms with Crippen LogP contribution in [0.4, 0.5) is 4.39 Å². The molecule has 0 amide bonds. The zero-order valence-corrected chi connectivity index (χ0v) is 6.88. The number of rotatable bonds is 3. The summed E-state index contributed by atoms with van der Waals surface area (Å²) in [6, 6.07) is 4.10. The van der Waals surface area contributed by atoms with Crippen molar-refractivity contribution in [2.24, 2.45) is 0 Å². The second-order valence-corrected chi connectivity index (χ2v) is 3.41. The molecule has 0 aliphatic rings. The van der Waals surface area contributed by atoms with Crippen LogP contribution in [0.3, 0.4) is 0 Å². The third kappa shape index (κ3) is 1.81. The van der Waals surface area contributed by atoms with Gasteiger partial charge in [0.1, 0.15) is 0 Å². The molecule has 0 bridgehead atoms. The van der Waals surface area contributed by atoms with Crippen molar-refractivity contribution in [3.8, 4) is 0 Å². The van der Waals surface area contributed by atoms with E-state index in [1.165, 1.54) is 9.75 Å². The number of thiophene rings is 1. The van der Waals surface area contributed by atoms with Gasteiger partial charge in [-0.1, -0.05) is 6.92 Å². The van der Waals surface area contributed by atoms with Crippen LogP contribution in [0.1, 0.15) is 16.7 Å². The first-order valence-electron chi connectivity index (χ1n) is 3.50. The molecule has 0 nitrogen and oxygen atoms in total. The van der Waals surface area contributed by atoms with Gasteiger partial charge in [0.15, 0.2) is 0 Å². The summed E-state index contributed by atoms with van der Waals surface area (Å²) in [5, 5.41) is 0. The Morgan fingerprint density at radius 3 is 2.60 bits per heavy atom. The topological polar surface area (TPSA) is 0 Å². The second-order valence-electron chi connectivity index (χ2n) is 2.16. The number of halogens is 1. The number of alkyl halides is 1. The predicted molar refractivity (Wildman–Crippen MR) is 43.4 cm³/mol. The molecule has 0 N–H and O–H groups in total. The van der Waals surface area contributed by atoms with Crippen molar-refractivity contribution >= 4 is 11.3 Å². The Bertz CT molecular complexity index is 193. The molecule has 56 valence electrons. The molecule has 1 aromatic rings. The summed E-state index contributed by atoms with van der Waals surface area (Å²) in [6.07, 6.45) is 1.65. The van der Waals surface area contributed by atoms with Gasteiger partial charge in [-0.3, -0.25) is 4.39 Å². The Labute approximate surface area is 64.7 Å². The molecule has 0 radical (unpaired) electrons. The van der Waals surface area contributed by atoms with Gasteiger partial charge in [0, 0.05) is 16.2 Å². The fourth-order valence-corrected chi connectivity index (χ4v) is 1.77. The molecule has 0 unspecified atom stereocenters. The lowest BCUT2D eigenvalue weighted by Gasteiger charge is -1.86. The van der Waals surface area contributed by atoms with E-state index >= 15 is 0 Å². The molecule has 0 aliphatic heterocycles. The van der Waals surface area contributed by atoms with Crippen LogP contribution in [0.2, 0.25) is 0 Å². The number of hydrogen-bond donors (Lipinski definition) is 0. The molecule has 0 aromatic carbocycles. The summed E-state index contributed by atoms with van der Waals surface area (Å²) < 4.78 is 11.8. The van der Waals surface area contributed by atoms with E-state index < -0.39 is 0 Å². The van der Waals surface area contributed by atoms with Crippen LogP contribution in [-0.4, -0.2) is 6.67 Å². The molecule has 2 heteroatoms. The first kappa shape index (κ1) is 7.73. The van der Waals surface area contributed by atoms with Gasteiger partial charge in [-0.15, -0.1) is 11.3 Å². The molecule has 0 saturated heterocycles. The minimum atomic E-state index is -0.232. The van der Waals surface area contributed by atoms with Gasteiger partial charge in [0.25, 0.3) is 0 Å². The normalized spacial score (nSPS) is 10.2. The molecule has 0 fully saturated rings. The number of hydrogen-bond acceptors (Lipinski definition) is 1. The molecule has 1 aromatic heterocycles. The Morgan fingerprint density at radius 2 is 2.10 bits per heavy atom. The third-order valence-corrected chi connectivity index (χ3v) is 2.70. The third-order valence-electron chi connectivity index (χ3n) is 1.41. The van der Waals surface area contributed by atoms with E-state index in [2.05, 4.69) is 13.0 Å². The predicted octanol–water partition coefficient (Wildman–Crippen LogP) is 2.82. The van der Waals surface area contributed by atoms with Crippen molar-refractivity contribution in [1.29, 1.82) is 0 Å². The highest BCUT2D eigenvalue weighted by Gasteiger charge is 1.96. The van der Waals surface area contributed by atoms with E-state index in [4.69, 9.17) is 0 Å². The highest BCUT2D eigenvalue weighted by molar-refractivity contribution is 7.11. The van der Waals surface area contributed by atoms with Gasteiger partial charge in [-0.2, -0.15) is 0 Å². The van der Waals surface area contributed by atoms with Gasteiger partial charge in [-0.25, -0.2) is 0 Å². The van der Waals surface area contributed by atoms with Gasteiger partial charge in [0.05, 0.1) is 6.67 Å². The first-order valence-corrected chi connectivity index (χ1v) is 4.32. The molecular formula is C8H11FS. The smallest absolute Gasteiger partial charge is 0.0942 e. The zero-order valence-electron chi connectivity index (χ0n) is 6.06. The Balaban J connectivity index is 2.59. The molecule has 1 heterocycles. The monoisotopic (exact) mass is 158 g/mol. The average molecular weight is 158 g/mol. The lowest BCUT2D eigenvalue weighted by atomic mass is 10.3. The lowest BCUT2D eigenvalue weighted by molar-refractivity contribution is 0.497. The van der Waals surface area contributed by atoms with Crippen LogP contribution in [0, 0.1) is 0 Å². The Kier molecular flexibility index (Phi) is 2.87. The van der Waals surface area contributed by atoms with Crippen molar-refractivity contribution < 1.29 is 4.39 Å². The minimum Gasteiger partial charge on any atom is -0.251 e. The first-order chi connectivity index (χ1) is 4.86. The average Bonchev–Trinajstić information content (AvgIpc) is 2.37.